The molecule has 0 saturated heterocycles. The van der Waals surface area contributed by atoms with Gasteiger partial charge >= 0.3 is 0 Å². The average molecular weight is 265 g/mol. The van der Waals surface area contributed by atoms with Gasteiger partial charge in [0.05, 0.1) is 0 Å². The summed E-state index contributed by atoms with van der Waals surface area (Å²) in [6, 6.07) is 9.01. The molecule has 0 saturated carbocycles. The number of hydrogen-bond donors (Lipinski definition) is 1. The molecule has 18 heavy (non-hydrogen) atoms. The van der Waals surface area contributed by atoms with Crippen molar-refractivity contribution in [2.45, 2.75) is 45.4 Å². The minimum atomic E-state index is 0.317. The monoisotopic (exact) mass is 265 g/mol. The third-order valence-corrected chi connectivity index (χ3v) is 4.35. The summed E-state index contributed by atoms with van der Waals surface area (Å²) in [5, 5.41) is 3.53. The van der Waals surface area contributed by atoms with Gasteiger partial charge in [-0.15, -0.1) is 0 Å². The Bertz CT molecular complexity index is 341. The summed E-state index contributed by atoms with van der Waals surface area (Å²) in [5.74, 6) is 0.733. The van der Waals surface area contributed by atoms with Crippen LogP contribution in [0.4, 0.5) is 0 Å². The van der Waals surface area contributed by atoms with E-state index in [1.807, 2.05) is 11.8 Å². The van der Waals surface area contributed by atoms with Crippen molar-refractivity contribution < 1.29 is 0 Å². The fraction of sp³-hybridized carbons (Fsp3) is 0.625. The van der Waals surface area contributed by atoms with Crippen LogP contribution in [-0.4, -0.2) is 17.5 Å². The Morgan fingerprint density at radius 1 is 1.11 bits per heavy atom. The van der Waals surface area contributed by atoms with E-state index in [1.165, 1.54) is 17.5 Å². The fourth-order valence-electron chi connectivity index (χ4n) is 1.84. The van der Waals surface area contributed by atoms with Crippen LogP contribution in [0.25, 0.3) is 0 Å². The highest BCUT2D eigenvalue weighted by Crippen LogP contribution is 2.19. The third-order valence-electron chi connectivity index (χ3n) is 3.10. The Kier molecular flexibility index (Phi) is 6.24. The molecular weight excluding hydrogens is 238 g/mol. The van der Waals surface area contributed by atoms with E-state index in [4.69, 9.17) is 0 Å². The second-order valence-electron chi connectivity index (χ2n) is 5.98. The molecule has 0 aliphatic carbocycles. The molecule has 1 aromatic rings. The zero-order valence-corrected chi connectivity index (χ0v) is 13.2. The van der Waals surface area contributed by atoms with Crippen LogP contribution in [-0.2, 0) is 13.0 Å². The van der Waals surface area contributed by atoms with Crippen LogP contribution < -0.4 is 5.32 Å². The topological polar surface area (TPSA) is 12.0 Å². The van der Waals surface area contributed by atoms with Crippen LogP contribution in [0.2, 0.25) is 0 Å². The summed E-state index contributed by atoms with van der Waals surface area (Å²) < 4.78 is 0.317. The Balaban J connectivity index is 2.40. The third kappa shape index (κ3) is 5.92. The largest absolute Gasteiger partial charge is 0.311 e. The molecule has 1 aromatic carbocycles. The Morgan fingerprint density at radius 2 is 1.67 bits per heavy atom. The second kappa shape index (κ2) is 7.20. The van der Waals surface area contributed by atoms with Gasteiger partial charge < -0.3 is 5.32 Å². The lowest BCUT2D eigenvalue weighted by Crippen LogP contribution is -2.31. The summed E-state index contributed by atoms with van der Waals surface area (Å²) in [4.78, 5) is 0. The lowest BCUT2D eigenvalue weighted by Gasteiger charge is -2.22. The molecule has 0 aliphatic heterocycles. The molecule has 0 atom stereocenters. The first-order valence-corrected chi connectivity index (χ1v) is 7.99. The van der Waals surface area contributed by atoms with Gasteiger partial charge in [-0.25, -0.2) is 0 Å². The molecule has 0 fully saturated rings. The van der Waals surface area contributed by atoms with Gasteiger partial charge in [0, 0.05) is 17.8 Å². The summed E-state index contributed by atoms with van der Waals surface area (Å²) in [6.07, 6.45) is 3.34. The molecule has 0 aliphatic rings. The molecule has 0 heterocycles. The SMILES string of the molecule is CSC(C)(C)CNCc1ccc(CC(C)C)cc1. The van der Waals surface area contributed by atoms with Gasteiger partial charge in [0.1, 0.15) is 0 Å². The van der Waals surface area contributed by atoms with E-state index in [2.05, 4.69) is 63.5 Å². The number of nitrogens with one attached hydrogen (secondary N) is 1. The molecule has 0 radical (unpaired) electrons. The molecule has 0 amide bonds. The lowest BCUT2D eigenvalue weighted by atomic mass is 10.0. The van der Waals surface area contributed by atoms with Crippen molar-refractivity contribution in [1.82, 2.24) is 5.32 Å². The average Bonchev–Trinajstić information content (AvgIpc) is 2.30. The van der Waals surface area contributed by atoms with E-state index in [0.717, 1.165) is 19.0 Å². The molecule has 102 valence electrons. The zero-order chi connectivity index (χ0) is 13.6. The summed E-state index contributed by atoms with van der Waals surface area (Å²) in [6.45, 7) is 11.1. The van der Waals surface area contributed by atoms with Crippen LogP contribution >= 0.6 is 11.8 Å². The smallest absolute Gasteiger partial charge is 0.0225 e. The molecule has 1 rings (SSSR count). The van der Waals surface area contributed by atoms with Crippen molar-refractivity contribution in [3.05, 3.63) is 35.4 Å². The van der Waals surface area contributed by atoms with Crippen LogP contribution in [0.1, 0.15) is 38.8 Å². The molecule has 0 bridgehead atoms. The number of hydrogen-bond acceptors (Lipinski definition) is 2. The Labute approximate surface area is 117 Å². The Morgan fingerprint density at radius 3 is 2.17 bits per heavy atom. The zero-order valence-electron chi connectivity index (χ0n) is 12.4. The summed E-state index contributed by atoms with van der Waals surface area (Å²) in [5.41, 5.74) is 2.82. The molecule has 0 aromatic heterocycles. The van der Waals surface area contributed by atoms with Crippen LogP contribution in [0.5, 0.6) is 0 Å². The first-order valence-electron chi connectivity index (χ1n) is 6.76. The van der Waals surface area contributed by atoms with E-state index >= 15 is 0 Å². The van der Waals surface area contributed by atoms with Gasteiger partial charge in [0.15, 0.2) is 0 Å². The highest BCUT2D eigenvalue weighted by Gasteiger charge is 2.14. The first kappa shape index (κ1) is 15.6. The first-order chi connectivity index (χ1) is 8.43. The number of rotatable bonds is 7. The van der Waals surface area contributed by atoms with Gasteiger partial charge in [-0.3, -0.25) is 0 Å². The normalized spacial score (nSPS) is 12.1. The van der Waals surface area contributed by atoms with Gasteiger partial charge in [0.2, 0.25) is 0 Å². The van der Waals surface area contributed by atoms with Crippen molar-refractivity contribution in [2.24, 2.45) is 5.92 Å². The highest BCUT2D eigenvalue weighted by atomic mass is 32.2. The highest BCUT2D eigenvalue weighted by molar-refractivity contribution is 7.99. The van der Waals surface area contributed by atoms with Gasteiger partial charge in [-0.2, -0.15) is 11.8 Å². The maximum atomic E-state index is 3.53. The van der Waals surface area contributed by atoms with Crippen molar-refractivity contribution in [2.75, 3.05) is 12.8 Å². The quantitative estimate of drug-likeness (QED) is 0.796. The number of thioether (sulfide) groups is 1. The van der Waals surface area contributed by atoms with Gasteiger partial charge in [0.25, 0.3) is 0 Å². The molecule has 0 unspecified atom stereocenters. The van der Waals surface area contributed by atoms with Crippen molar-refractivity contribution in [3.63, 3.8) is 0 Å². The molecule has 1 nitrogen and oxygen atoms in total. The van der Waals surface area contributed by atoms with E-state index in [-0.39, 0.29) is 0 Å². The maximum absolute atomic E-state index is 3.53. The van der Waals surface area contributed by atoms with E-state index < -0.39 is 0 Å². The molecule has 2 heteroatoms. The minimum absolute atomic E-state index is 0.317. The fourth-order valence-corrected chi connectivity index (χ4v) is 2.09. The van der Waals surface area contributed by atoms with E-state index in [9.17, 15) is 0 Å². The second-order valence-corrected chi connectivity index (χ2v) is 7.50. The van der Waals surface area contributed by atoms with Gasteiger partial charge in [-0.05, 0) is 43.6 Å². The van der Waals surface area contributed by atoms with Crippen molar-refractivity contribution in [1.29, 1.82) is 0 Å². The summed E-state index contributed by atoms with van der Waals surface area (Å²) >= 11 is 1.91. The van der Waals surface area contributed by atoms with E-state index in [1.54, 1.807) is 0 Å². The predicted molar refractivity (Wildman–Crippen MR) is 84.3 cm³/mol. The van der Waals surface area contributed by atoms with Crippen LogP contribution in [0.15, 0.2) is 24.3 Å². The van der Waals surface area contributed by atoms with Crippen LogP contribution in [0, 0.1) is 5.92 Å². The van der Waals surface area contributed by atoms with Crippen LogP contribution in [0.3, 0.4) is 0 Å². The van der Waals surface area contributed by atoms with Gasteiger partial charge in [-0.1, -0.05) is 38.1 Å². The van der Waals surface area contributed by atoms with E-state index in [0.29, 0.717) is 4.75 Å². The minimum Gasteiger partial charge on any atom is -0.311 e. The van der Waals surface area contributed by atoms with Crippen molar-refractivity contribution >= 4 is 11.8 Å². The molecule has 0 spiro atoms. The molecule has 1 N–H and O–H groups in total. The number of benzene rings is 1. The standard InChI is InChI=1S/C16H27NS/c1-13(2)10-14-6-8-15(9-7-14)11-17-12-16(3,4)18-5/h6-9,13,17H,10-12H2,1-5H3. The summed E-state index contributed by atoms with van der Waals surface area (Å²) in [7, 11) is 0. The maximum Gasteiger partial charge on any atom is 0.0225 e. The molecular formula is C16H27NS. The lowest BCUT2D eigenvalue weighted by molar-refractivity contribution is 0.590. The Hall–Kier alpha value is -0.470. The predicted octanol–water partition coefficient (Wildman–Crippen LogP) is 4.12. The van der Waals surface area contributed by atoms with Crippen molar-refractivity contribution in [3.8, 4) is 0 Å².